The van der Waals surface area contributed by atoms with Crippen molar-refractivity contribution in [2.75, 3.05) is 45.3 Å². The van der Waals surface area contributed by atoms with Crippen LogP contribution in [0.25, 0.3) is 0 Å². The number of para-hydroxylation sites is 3. The van der Waals surface area contributed by atoms with Gasteiger partial charge in [-0.15, -0.1) is 0 Å². The maximum Gasteiger partial charge on any atom is 0.271 e. The number of carbonyl (C=O) groups excluding carboxylic acids is 1. The molecular formula is C27H30N4O3. The van der Waals surface area contributed by atoms with Gasteiger partial charge in [-0.2, -0.15) is 5.10 Å². The standard InChI is InChI=1S/C27H30N4O3/c1-33-25-9-5-3-7-23(25)19-28-29-27(32)22-13-11-21(12-14-22)20-30-15-17-31(18-16-30)24-8-4-6-10-26(24)34-2/h3-14,19H,15-18,20H2,1-2H3,(H,29,32)/b28-19-. The zero-order chi connectivity index (χ0) is 23.8. The molecule has 0 aliphatic carbocycles. The van der Waals surface area contributed by atoms with Crippen LogP contribution in [0.2, 0.25) is 0 Å². The van der Waals surface area contributed by atoms with Crippen LogP contribution in [0, 0.1) is 0 Å². The second-order valence-corrected chi connectivity index (χ2v) is 8.07. The smallest absolute Gasteiger partial charge is 0.271 e. The van der Waals surface area contributed by atoms with E-state index in [2.05, 4.69) is 26.4 Å². The molecule has 1 N–H and O–H groups in total. The molecule has 1 aliphatic rings. The quantitative estimate of drug-likeness (QED) is 0.411. The van der Waals surface area contributed by atoms with E-state index in [-0.39, 0.29) is 5.91 Å². The van der Waals surface area contributed by atoms with Gasteiger partial charge >= 0.3 is 0 Å². The van der Waals surface area contributed by atoms with E-state index in [9.17, 15) is 4.79 Å². The summed E-state index contributed by atoms with van der Waals surface area (Å²) in [5, 5.41) is 4.06. The molecular weight excluding hydrogens is 428 g/mol. The average molecular weight is 459 g/mol. The zero-order valence-corrected chi connectivity index (χ0v) is 19.6. The number of nitrogens with one attached hydrogen (secondary N) is 1. The Morgan fingerprint density at radius 3 is 2.24 bits per heavy atom. The summed E-state index contributed by atoms with van der Waals surface area (Å²) in [5.41, 5.74) is 6.27. The highest BCUT2D eigenvalue weighted by Gasteiger charge is 2.19. The lowest BCUT2D eigenvalue weighted by Crippen LogP contribution is -2.46. The summed E-state index contributed by atoms with van der Waals surface area (Å²) in [5.74, 6) is 1.37. The van der Waals surface area contributed by atoms with E-state index in [0.717, 1.165) is 49.7 Å². The average Bonchev–Trinajstić information content (AvgIpc) is 2.89. The van der Waals surface area contributed by atoms with Gasteiger partial charge in [0.15, 0.2) is 0 Å². The Balaban J connectivity index is 1.28. The number of hydrogen-bond donors (Lipinski definition) is 1. The van der Waals surface area contributed by atoms with E-state index >= 15 is 0 Å². The molecule has 1 fully saturated rings. The van der Waals surface area contributed by atoms with Gasteiger partial charge in [-0.25, -0.2) is 5.43 Å². The number of benzene rings is 3. The fraction of sp³-hybridized carbons (Fsp3) is 0.259. The Bertz CT molecular complexity index is 1120. The van der Waals surface area contributed by atoms with E-state index in [0.29, 0.717) is 11.3 Å². The van der Waals surface area contributed by atoms with Gasteiger partial charge in [0.1, 0.15) is 11.5 Å². The SMILES string of the molecule is COc1ccccc1/C=N\NC(=O)c1ccc(CN2CCN(c3ccccc3OC)CC2)cc1. The third kappa shape index (κ3) is 5.74. The van der Waals surface area contributed by atoms with Crippen molar-refractivity contribution in [3.8, 4) is 11.5 Å². The summed E-state index contributed by atoms with van der Waals surface area (Å²) in [6, 6.07) is 23.3. The van der Waals surface area contributed by atoms with E-state index in [1.54, 1.807) is 20.4 Å². The molecule has 1 amide bonds. The molecule has 34 heavy (non-hydrogen) atoms. The molecule has 0 atom stereocenters. The normalized spacial score (nSPS) is 14.2. The minimum atomic E-state index is -0.247. The van der Waals surface area contributed by atoms with Gasteiger partial charge in [0.25, 0.3) is 5.91 Å². The van der Waals surface area contributed by atoms with Crippen molar-refractivity contribution in [3.63, 3.8) is 0 Å². The van der Waals surface area contributed by atoms with Gasteiger partial charge in [-0.05, 0) is 42.0 Å². The van der Waals surface area contributed by atoms with Gasteiger partial charge < -0.3 is 14.4 Å². The molecule has 0 spiro atoms. The first kappa shape index (κ1) is 23.3. The van der Waals surface area contributed by atoms with Crippen molar-refractivity contribution in [2.45, 2.75) is 6.54 Å². The van der Waals surface area contributed by atoms with Gasteiger partial charge in [0.2, 0.25) is 0 Å². The van der Waals surface area contributed by atoms with Gasteiger partial charge in [-0.3, -0.25) is 9.69 Å². The van der Waals surface area contributed by atoms with Crippen molar-refractivity contribution in [1.82, 2.24) is 10.3 Å². The number of ether oxygens (including phenoxy) is 2. The maximum absolute atomic E-state index is 12.4. The fourth-order valence-corrected chi connectivity index (χ4v) is 4.06. The summed E-state index contributed by atoms with van der Waals surface area (Å²) in [6.07, 6.45) is 1.58. The highest BCUT2D eigenvalue weighted by atomic mass is 16.5. The largest absolute Gasteiger partial charge is 0.496 e. The number of piperazine rings is 1. The summed E-state index contributed by atoms with van der Waals surface area (Å²) < 4.78 is 10.8. The third-order valence-corrected chi connectivity index (χ3v) is 5.93. The van der Waals surface area contributed by atoms with Crippen molar-refractivity contribution in [3.05, 3.63) is 89.5 Å². The Kier molecular flexibility index (Phi) is 7.78. The number of methoxy groups -OCH3 is 2. The number of anilines is 1. The second-order valence-electron chi connectivity index (χ2n) is 8.07. The molecule has 3 aromatic rings. The van der Waals surface area contributed by atoms with E-state index in [1.807, 2.05) is 66.7 Å². The topological polar surface area (TPSA) is 66.4 Å². The predicted molar refractivity (Wildman–Crippen MR) is 135 cm³/mol. The van der Waals surface area contributed by atoms with Crippen molar-refractivity contribution >= 4 is 17.8 Å². The molecule has 3 aromatic carbocycles. The summed E-state index contributed by atoms with van der Waals surface area (Å²) >= 11 is 0. The van der Waals surface area contributed by atoms with Crippen LogP contribution in [0.3, 0.4) is 0 Å². The van der Waals surface area contributed by atoms with E-state index in [4.69, 9.17) is 9.47 Å². The number of amides is 1. The number of carbonyl (C=O) groups is 1. The first-order valence-corrected chi connectivity index (χ1v) is 11.3. The van der Waals surface area contributed by atoms with Gasteiger partial charge in [0.05, 0.1) is 26.1 Å². The Hall–Kier alpha value is -3.84. The number of nitrogens with zero attached hydrogens (tertiary/aromatic N) is 3. The first-order chi connectivity index (χ1) is 16.7. The predicted octanol–water partition coefficient (Wildman–Crippen LogP) is 3.79. The number of rotatable bonds is 8. The van der Waals surface area contributed by atoms with Crippen molar-refractivity contribution in [1.29, 1.82) is 0 Å². The molecule has 0 radical (unpaired) electrons. The molecule has 7 heteroatoms. The first-order valence-electron chi connectivity index (χ1n) is 11.3. The Labute approximate surface area is 200 Å². The fourth-order valence-electron chi connectivity index (χ4n) is 4.06. The second kappa shape index (κ2) is 11.3. The van der Waals surface area contributed by atoms with Crippen LogP contribution in [0.1, 0.15) is 21.5 Å². The highest BCUT2D eigenvalue weighted by molar-refractivity contribution is 5.95. The van der Waals surface area contributed by atoms with Crippen LogP contribution in [0.5, 0.6) is 11.5 Å². The van der Waals surface area contributed by atoms with E-state index in [1.165, 1.54) is 5.56 Å². The van der Waals surface area contributed by atoms with Crippen molar-refractivity contribution in [2.24, 2.45) is 5.10 Å². The van der Waals surface area contributed by atoms with Crippen LogP contribution < -0.4 is 19.8 Å². The minimum absolute atomic E-state index is 0.247. The molecule has 0 aromatic heterocycles. The summed E-state index contributed by atoms with van der Waals surface area (Å²) in [7, 11) is 3.32. The molecule has 4 rings (SSSR count). The monoisotopic (exact) mass is 458 g/mol. The maximum atomic E-state index is 12.4. The van der Waals surface area contributed by atoms with E-state index < -0.39 is 0 Å². The molecule has 7 nitrogen and oxygen atoms in total. The molecule has 0 saturated carbocycles. The molecule has 1 aliphatic heterocycles. The molecule has 1 saturated heterocycles. The van der Waals surface area contributed by atoms with Crippen LogP contribution >= 0.6 is 0 Å². The Morgan fingerprint density at radius 1 is 0.882 bits per heavy atom. The van der Waals surface area contributed by atoms with Crippen LogP contribution in [-0.4, -0.2) is 57.4 Å². The summed E-state index contributed by atoms with van der Waals surface area (Å²) in [4.78, 5) is 17.2. The third-order valence-electron chi connectivity index (χ3n) is 5.93. The van der Waals surface area contributed by atoms with Crippen LogP contribution in [0.15, 0.2) is 77.9 Å². The minimum Gasteiger partial charge on any atom is -0.496 e. The highest BCUT2D eigenvalue weighted by Crippen LogP contribution is 2.28. The van der Waals surface area contributed by atoms with Gasteiger partial charge in [0, 0.05) is 43.9 Å². The number of hydrazone groups is 1. The lowest BCUT2D eigenvalue weighted by atomic mass is 10.1. The Morgan fingerprint density at radius 2 is 1.53 bits per heavy atom. The molecule has 0 bridgehead atoms. The molecule has 176 valence electrons. The van der Waals surface area contributed by atoms with Gasteiger partial charge in [-0.1, -0.05) is 36.4 Å². The zero-order valence-electron chi connectivity index (χ0n) is 19.6. The van der Waals surface area contributed by atoms with Crippen molar-refractivity contribution < 1.29 is 14.3 Å². The lowest BCUT2D eigenvalue weighted by Gasteiger charge is -2.36. The lowest BCUT2D eigenvalue weighted by molar-refractivity contribution is 0.0955. The number of hydrogen-bond acceptors (Lipinski definition) is 6. The summed E-state index contributed by atoms with van der Waals surface area (Å²) in [6.45, 7) is 4.69. The van der Waals surface area contributed by atoms with Crippen LogP contribution in [0.4, 0.5) is 5.69 Å². The molecule has 0 unspecified atom stereocenters. The molecule has 1 heterocycles. The van der Waals surface area contributed by atoms with Crippen LogP contribution in [-0.2, 0) is 6.54 Å².